The molecule has 0 spiro atoms. The number of benzene rings is 2. The van der Waals surface area contributed by atoms with Crippen LogP contribution in [0.3, 0.4) is 0 Å². The van der Waals surface area contributed by atoms with E-state index < -0.39 is 5.91 Å². The van der Waals surface area contributed by atoms with Gasteiger partial charge in [-0.15, -0.1) is 0 Å². The van der Waals surface area contributed by atoms with Gasteiger partial charge in [0.05, 0.1) is 6.07 Å². The summed E-state index contributed by atoms with van der Waals surface area (Å²) in [5.74, 6) is -0.664. The quantitative estimate of drug-likeness (QED) is 0.849. The Bertz CT molecular complexity index is 798. The van der Waals surface area contributed by atoms with Gasteiger partial charge in [-0.3, -0.25) is 9.59 Å². The van der Waals surface area contributed by atoms with Gasteiger partial charge in [0.2, 0.25) is 5.91 Å². The van der Waals surface area contributed by atoms with Crippen molar-refractivity contribution in [2.24, 2.45) is 0 Å². The van der Waals surface area contributed by atoms with E-state index in [9.17, 15) is 9.59 Å². The van der Waals surface area contributed by atoms with E-state index in [0.717, 1.165) is 5.56 Å². The Balaban J connectivity index is 1.95. The zero-order valence-corrected chi connectivity index (χ0v) is 14.0. The number of nitrogens with zero attached hydrogens (tertiary/aromatic N) is 1. The molecule has 2 aromatic carbocycles. The van der Waals surface area contributed by atoms with Crippen molar-refractivity contribution in [3.05, 3.63) is 63.6 Å². The molecular formula is C17H13Cl2N3O2. The number of hydrogen-bond acceptors (Lipinski definition) is 3. The van der Waals surface area contributed by atoms with E-state index in [1.54, 1.807) is 48.5 Å². The fourth-order valence-electron chi connectivity index (χ4n) is 1.92. The highest BCUT2D eigenvalue weighted by Gasteiger charge is 2.08. The number of halogens is 2. The Morgan fingerprint density at radius 1 is 1.08 bits per heavy atom. The smallest absolute Gasteiger partial charge is 0.251 e. The second-order valence-corrected chi connectivity index (χ2v) is 5.72. The summed E-state index contributed by atoms with van der Waals surface area (Å²) in [5, 5.41) is 14.8. The second-order valence-electron chi connectivity index (χ2n) is 4.88. The number of nitriles is 1. The number of hydrogen-bond donors (Lipinski definition) is 2. The molecule has 0 aliphatic heterocycles. The number of rotatable bonds is 5. The summed E-state index contributed by atoms with van der Waals surface area (Å²) >= 11 is 11.9. The number of carbonyl (C=O) groups excluding carboxylic acids is 2. The summed E-state index contributed by atoms with van der Waals surface area (Å²) in [4.78, 5) is 23.4. The molecule has 2 rings (SSSR count). The molecule has 0 aliphatic carbocycles. The summed E-state index contributed by atoms with van der Waals surface area (Å²) in [6.45, 7) is 0.273. The minimum atomic E-state index is -0.396. The molecule has 0 saturated carbocycles. The van der Waals surface area contributed by atoms with E-state index in [2.05, 4.69) is 10.6 Å². The molecule has 2 amide bonds. The third-order valence-corrected chi connectivity index (χ3v) is 3.71. The lowest BCUT2D eigenvalue weighted by Crippen LogP contribution is -2.23. The van der Waals surface area contributed by atoms with Crippen molar-refractivity contribution in [1.82, 2.24) is 5.32 Å². The maximum atomic E-state index is 12.1. The number of amides is 2. The fourth-order valence-corrected chi connectivity index (χ4v) is 2.40. The van der Waals surface area contributed by atoms with Crippen molar-refractivity contribution < 1.29 is 9.59 Å². The van der Waals surface area contributed by atoms with Crippen LogP contribution in [0.1, 0.15) is 22.3 Å². The van der Waals surface area contributed by atoms with Crippen LogP contribution in [-0.4, -0.2) is 11.8 Å². The van der Waals surface area contributed by atoms with Crippen molar-refractivity contribution >= 4 is 40.7 Å². The first-order chi connectivity index (χ1) is 11.5. The van der Waals surface area contributed by atoms with Crippen LogP contribution in [0.15, 0.2) is 42.5 Å². The number of nitrogens with one attached hydrogen (secondary N) is 2. The minimum absolute atomic E-state index is 0.218. The van der Waals surface area contributed by atoms with Gasteiger partial charge in [-0.2, -0.15) is 5.26 Å². The van der Waals surface area contributed by atoms with Crippen LogP contribution in [0, 0.1) is 11.3 Å². The molecule has 2 aromatic rings. The molecule has 7 heteroatoms. The molecule has 0 heterocycles. The van der Waals surface area contributed by atoms with Crippen LogP contribution in [-0.2, 0) is 11.3 Å². The van der Waals surface area contributed by atoms with Crippen molar-refractivity contribution in [3.8, 4) is 6.07 Å². The second kappa shape index (κ2) is 8.34. The van der Waals surface area contributed by atoms with E-state index in [4.69, 9.17) is 28.5 Å². The summed E-state index contributed by atoms with van der Waals surface area (Å²) in [6.07, 6.45) is -0.218. The molecule has 0 fully saturated rings. The third-order valence-electron chi connectivity index (χ3n) is 3.12. The van der Waals surface area contributed by atoms with Crippen molar-refractivity contribution in [2.75, 3.05) is 5.32 Å². The molecule has 0 radical (unpaired) electrons. The minimum Gasteiger partial charge on any atom is -0.348 e. The Kier molecular flexibility index (Phi) is 6.19. The molecule has 0 aromatic heterocycles. The van der Waals surface area contributed by atoms with Gasteiger partial charge < -0.3 is 10.6 Å². The van der Waals surface area contributed by atoms with Gasteiger partial charge in [0.15, 0.2) is 0 Å². The van der Waals surface area contributed by atoms with E-state index in [1.807, 2.05) is 0 Å². The highest BCUT2D eigenvalue weighted by Crippen LogP contribution is 2.20. The van der Waals surface area contributed by atoms with Gasteiger partial charge in [0, 0.05) is 27.8 Å². The average molecular weight is 362 g/mol. The van der Waals surface area contributed by atoms with E-state index >= 15 is 0 Å². The van der Waals surface area contributed by atoms with Crippen LogP contribution >= 0.6 is 23.2 Å². The molecule has 0 aliphatic rings. The first-order valence-corrected chi connectivity index (χ1v) is 7.74. The SMILES string of the molecule is N#CCC(=O)Nc1ccc(C(=O)NCc2ccc(Cl)cc2Cl)cc1. The van der Waals surface area contributed by atoms with Gasteiger partial charge in [-0.05, 0) is 42.0 Å². The highest BCUT2D eigenvalue weighted by molar-refractivity contribution is 6.35. The van der Waals surface area contributed by atoms with Crippen molar-refractivity contribution in [2.45, 2.75) is 13.0 Å². The normalized spacial score (nSPS) is 9.88. The first kappa shape index (κ1) is 17.8. The molecule has 0 unspecified atom stereocenters. The zero-order valence-electron chi connectivity index (χ0n) is 12.5. The molecule has 24 heavy (non-hydrogen) atoms. The molecular weight excluding hydrogens is 349 g/mol. The van der Waals surface area contributed by atoms with Gasteiger partial charge in [0.25, 0.3) is 5.91 Å². The lowest BCUT2D eigenvalue weighted by molar-refractivity contribution is -0.115. The van der Waals surface area contributed by atoms with Crippen molar-refractivity contribution in [1.29, 1.82) is 5.26 Å². The van der Waals surface area contributed by atoms with Gasteiger partial charge >= 0.3 is 0 Å². The van der Waals surface area contributed by atoms with E-state index in [0.29, 0.717) is 21.3 Å². The lowest BCUT2D eigenvalue weighted by Gasteiger charge is -2.08. The molecule has 0 bridgehead atoms. The molecule has 2 N–H and O–H groups in total. The number of carbonyl (C=O) groups is 2. The maximum absolute atomic E-state index is 12.1. The van der Waals surface area contributed by atoms with Crippen molar-refractivity contribution in [3.63, 3.8) is 0 Å². The zero-order chi connectivity index (χ0) is 17.5. The topological polar surface area (TPSA) is 82.0 Å². The Morgan fingerprint density at radius 3 is 2.42 bits per heavy atom. The van der Waals surface area contributed by atoms with Gasteiger partial charge in [-0.25, -0.2) is 0 Å². The van der Waals surface area contributed by atoms with E-state index in [1.165, 1.54) is 0 Å². The monoisotopic (exact) mass is 361 g/mol. The van der Waals surface area contributed by atoms with Gasteiger partial charge in [-0.1, -0.05) is 29.3 Å². The van der Waals surface area contributed by atoms with Crippen LogP contribution in [0.2, 0.25) is 10.0 Å². The van der Waals surface area contributed by atoms with Crippen LogP contribution in [0.4, 0.5) is 5.69 Å². The van der Waals surface area contributed by atoms with Gasteiger partial charge in [0.1, 0.15) is 6.42 Å². The Morgan fingerprint density at radius 2 is 1.79 bits per heavy atom. The standard InChI is InChI=1S/C17H13Cl2N3O2/c18-13-4-1-12(15(19)9-13)10-21-17(24)11-2-5-14(6-3-11)22-16(23)7-8-20/h1-6,9H,7,10H2,(H,21,24)(H,22,23). The van der Waals surface area contributed by atoms with Crippen LogP contribution in [0.25, 0.3) is 0 Å². The predicted octanol–water partition coefficient (Wildman–Crippen LogP) is 3.78. The van der Waals surface area contributed by atoms with Crippen LogP contribution < -0.4 is 10.6 Å². The number of anilines is 1. The Labute approximate surface area is 149 Å². The lowest BCUT2D eigenvalue weighted by atomic mass is 10.1. The maximum Gasteiger partial charge on any atom is 0.251 e. The predicted molar refractivity (Wildman–Crippen MR) is 92.9 cm³/mol. The highest BCUT2D eigenvalue weighted by atomic mass is 35.5. The third kappa shape index (κ3) is 4.98. The molecule has 5 nitrogen and oxygen atoms in total. The first-order valence-electron chi connectivity index (χ1n) is 6.98. The summed E-state index contributed by atoms with van der Waals surface area (Å²) in [5.41, 5.74) is 1.72. The largest absolute Gasteiger partial charge is 0.348 e. The van der Waals surface area contributed by atoms with Crippen LogP contribution in [0.5, 0.6) is 0 Å². The fraction of sp³-hybridized carbons (Fsp3) is 0.118. The molecule has 0 saturated heterocycles. The summed E-state index contributed by atoms with van der Waals surface area (Å²) < 4.78 is 0. The average Bonchev–Trinajstić information content (AvgIpc) is 2.54. The molecule has 122 valence electrons. The summed E-state index contributed by atoms with van der Waals surface area (Å²) in [7, 11) is 0. The van der Waals surface area contributed by atoms with E-state index in [-0.39, 0.29) is 18.9 Å². The molecule has 0 atom stereocenters. The summed E-state index contributed by atoms with van der Waals surface area (Å²) in [6, 6.07) is 13.2. The Hall–Kier alpha value is -2.55.